The van der Waals surface area contributed by atoms with Gasteiger partial charge in [-0.2, -0.15) is 10.4 Å². The highest BCUT2D eigenvalue weighted by molar-refractivity contribution is 5.67. The summed E-state index contributed by atoms with van der Waals surface area (Å²) in [6.45, 7) is 11.7. The Labute approximate surface area is 242 Å². The van der Waals surface area contributed by atoms with Crippen molar-refractivity contribution in [2.75, 3.05) is 31.2 Å². The number of nitrogens with zero attached hydrogens (tertiary/aromatic N) is 5. The summed E-state index contributed by atoms with van der Waals surface area (Å²) in [5.74, 6) is 0.808. The molecule has 5 unspecified atom stereocenters. The van der Waals surface area contributed by atoms with Gasteiger partial charge < -0.3 is 18.9 Å². The van der Waals surface area contributed by atoms with Gasteiger partial charge in [0.25, 0.3) is 5.56 Å². The van der Waals surface area contributed by atoms with Crippen LogP contribution in [0.15, 0.2) is 41.5 Å². The maximum absolute atomic E-state index is 13.6. The van der Waals surface area contributed by atoms with Crippen LogP contribution in [-0.2, 0) is 16.5 Å². The molecule has 5 atom stereocenters. The monoisotopic (exact) mass is 555 g/mol. The van der Waals surface area contributed by atoms with Crippen LogP contribution in [0.1, 0.15) is 85.7 Å². The number of hydrogen-bond acceptors (Lipinski definition) is 6. The number of benzene rings is 1. The summed E-state index contributed by atoms with van der Waals surface area (Å²) < 4.78 is 15.9. The minimum absolute atomic E-state index is 0.00823. The van der Waals surface area contributed by atoms with Crippen molar-refractivity contribution in [2.45, 2.75) is 76.9 Å². The molecule has 0 bridgehead atoms. The molecule has 3 aliphatic rings. The SMILES string of the molecule is Cc1ccccc1-n1cc(C2CCN(c3c4c(n(C)c(=O)c3C#N)C(C)C(OC3CCOC3)C(C)C4C)CC2)cn1. The first kappa shape index (κ1) is 27.7. The van der Waals surface area contributed by atoms with E-state index >= 15 is 0 Å². The van der Waals surface area contributed by atoms with Crippen molar-refractivity contribution >= 4 is 5.69 Å². The van der Waals surface area contributed by atoms with Gasteiger partial charge in [-0.1, -0.05) is 39.0 Å². The summed E-state index contributed by atoms with van der Waals surface area (Å²) in [6, 6.07) is 10.6. The zero-order valence-corrected chi connectivity index (χ0v) is 24.8. The number of hydrogen-bond donors (Lipinski definition) is 0. The van der Waals surface area contributed by atoms with E-state index in [2.05, 4.69) is 62.1 Å². The van der Waals surface area contributed by atoms with Crippen LogP contribution in [0.5, 0.6) is 0 Å². The van der Waals surface area contributed by atoms with Gasteiger partial charge in [0.1, 0.15) is 11.6 Å². The topological polar surface area (TPSA) is 85.3 Å². The summed E-state index contributed by atoms with van der Waals surface area (Å²) in [5.41, 5.74) is 6.61. The second-order valence-electron chi connectivity index (χ2n) is 12.3. The third-order valence-corrected chi connectivity index (χ3v) is 9.93. The van der Waals surface area contributed by atoms with Crippen molar-refractivity contribution in [1.82, 2.24) is 14.3 Å². The molecule has 2 aromatic heterocycles. The van der Waals surface area contributed by atoms with E-state index < -0.39 is 0 Å². The molecule has 0 radical (unpaired) electrons. The Bertz CT molecular complexity index is 1520. The van der Waals surface area contributed by atoms with Crippen molar-refractivity contribution in [3.63, 3.8) is 0 Å². The first-order valence-electron chi connectivity index (χ1n) is 15.1. The van der Waals surface area contributed by atoms with Gasteiger partial charge in [-0.25, -0.2) is 4.68 Å². The third kappa shape index (κ3) is 4.79. The van der Waals surface area contributed by atoms with E-state index in [1.165, 1.54) is 11.1 Å². The predicted molar refractivity (Wildman–Crippen MR) is 159 cm³/mol. The van der Waals surface area contributed by atoms with E-state index in [4.69, 9.17) is 9.47 Å². The number of anilines is 1. The Morgan fingerprint density at radius 3 is 2.54 bits per heavy atom. The lowest BCUT2D eigenvalue weighted by Crippen LogP contribution is -2.44. The maximum atomic E-state index is 13.6. The van der Waals surface area contributed by atoms with Gasteiger partial charge in [0.2, 0.25) is 0 Å². The van der Waals surface area contributed by atoms with Gasteiger partial charge in [-0.05, 0) is 61.1 Å². The number of pyridine rings is 1. The molecule has 1 aromatic carbocycles. The van der Waals surface area contributed by atoms with Crippen LogP contribution in [0.25, 0.3) is 5.69 Å². The Morgan fingerprint density at radius 1 is 1.10 bits per heavy atom. The largest absolute Gasteiger partial charge is 0.379 e. The standard InChI is InChI=1S/C33H41N5O3/c1-20-8-6-7-9-28(20)38-18-25(17-35-38)24-10-13-37(14-11-24)31-27(16-34)33(39)36(5)30-23(4)32(22(3)21(2)29(30)31)41-26-12-15-40-19-26/h6-9,17-18,21-24,26,32H,10-15,19H2,1-5H3. The lowest BCUT2D eigenvalue weighted by Gasteiger charge is -2.45. The minimum atomic E-state index is -0.209. The molecular weight excluding hydrogens is 514 g/mol. The fraction of sp³-hybridized carbons (Fsp3) is 0.545. The summed E-state index contributed by atoms with van der Waals surface area (Å²) in [7, 11) is 1.82. The molecule has 2 fully saturated rings. The number of ether oxygens (including phenoxy) is 2. The molecule has 0 N–H and O–H groups in total. The fourth-order valence-corrected chi connectivity index (χ4v) is 7.42. The van der Waals surface area contributed by atoms with Gasteiger partial charge in [-0.3, -0.25) is 4.79 Å². The van der Waals surface area contributed by atoms with Crippen LogP contribution >= 0.6 is 0 Å². The summed E-state index contributed by atoms with van der Waals surface area (Å²) in [4.78, 5) is 15.9. The van der Waals surface area contributed by atoms with E-state index in [0.29, 0.717) is 12.5 Å². The van der Waals surface area contributed by atoms with Crippen LogP contribution in [-0.4, -0.2) is 52.9 Å². The van der Waals surface area contributed by atoms with E-state index in [-0.39, 0.29) is 41.1 Å². The van der Waals surface area contributed by atoms with Crippen molar-refractivity contribution < 1.29 is 9.47 Å². The Morgan fingerprint density at radius 2 is 1.85 bits per heavy atom. The average Bonchev–Trinajstić information content (AvgIpc) is 3.68. The van der Waals surface area contributed by atoms with Crippen LogP contribution in [0.3, 0.4) is 0 Å². The fourth-order valence-electron chi connectivity index (χ4n) is 7.42. The average molecular weight is 556 g/mol. The first-order valence-corrected chi connectivity index (χ1v) is 15.1. The molecule has 0 spiro atoms. The second-order valence-corrected chi connectivity index (χ2v) is 12.3. The number of rotatable bonds is 5. The lowest BCUT2D eigenvalue weighted by atomic mass is 9.70. The van der Waals surface area contributed by atoms with E-state index in [0.717, 1.165) is 61.6 Å². The van der Waals surface area contributed by atoms with Crippen molar-refractivity contribution in [2.24, 2.45) is 13.0 Å². The molecule has 41 heavy (non-hydrogen) atoms. The molecule has 2 aliphatic heterocycles. The second kappa shape index (κ2) is 11.1. The molecule has 0 amide bonds. The number of piperidine rings is 1. The van der Waals surface area contributed by atoms with Gasteiger partial charge in [0.05, 0.1) is 36.4 Å². The van der Waals surface area contributed by atoms with Crippen LogP contribution in [0, 0.1) is 24.2 Å². The number of aryl methyl sites for hydroxylation is 1. The number of aromatic nitrogens is 3. The van der Waals surface area contributed by atoms with Crippen molar-refractivity contribution in [3.05, 3.63) is 75.0 Å². The molecule has 216 valence electrons. The van der Waals surface area contributed by atoms with Crippen molar-refractivity contribution in [1.29, 1.82) is 5.26 Å². The van der Waals surface area contributed by atoms with Crippen LogP contribution in [0.2, 0.25) is 0 Å². The highest BCUT2D eigenvalue weighted by atomic mass is 16.6. The molecule has 8 heteroatoms. The van der Waals surface area contributed by atoms with E-state index in [1.54, 1.807) is 4.57 Å². The Balaban J connectivity index is 1.30. The smallest absolute Gasteiger partial charge is 0.270 e. The van der Waals surface area contributed by atoms with Gasteiger partial charge in [-0.15, -0.1) is 0 Å². The molecule has 8 nitrogen and oxygen atoms in total. The number of para-hydroxylation sites is 1. The Hall–Kier alpha value is -3.41. The third-order valence-electron chi connectivity index (χ3n) is 9.93. The van der Waals surface area contributed by atoms with Gasteiger partial charge >= 0.3 is 0 Å². The quantitative estimate of drug-likeness (QED) is 0.432. The van der Waals surface area contributed by atoms with Crippen LogP contribution < -0.4 is 10.5 Å². The molecule has 3 aromatic rings. The maximum Gasteiger partial charge on any atom is 0.270 e. The highest BCUT2D eigenvalue weighted by Crippen LogP contribution is 2.48. The normalized spacial score (nSPS) is 26.6. The van der Waals surface area contributed by atoms with Crippen molar-refractivity contribution in [3.8, 4) is 11.8 Å². The number of fused-ring (bicyclic) bond motifs is 1. The minimum Gasteiger partial charge on any atom is -0.379 e. The molecular formula is C33H41N5O3. The summed E-state index contributed by atoms with van der Waals surface area (Å²) in [5, 5.41) is 14.9. The molecule has 2 saturated heterocycles. The first-order chi connectivity index (χ1) is 19.8. The molecule has 4 heterocycles. The molecule has 1 aliphatic carbocycles. The highest BCUT2D eigenvalue weighted by Gasteiger charge is 2.43. The molecule has 0 saturated carbocycles. The Kier molecular flexibility index (Phi) is 7.52. The van der Waals surface area contributed by atoms with E-state index in [9.17, 15) is 10.1 Å². The van der Waals surface area contributed by atoms with Gasteiger partial charge in [0, 0.05) is 50.1 Å². The van der Waals surface area contributed by atoms with E-state index in [1.807, 2.05) is 30.1 Å². The zero-order chi connectivity index (χ0) is 28.8. The zero-order valence-electron chi connectivity index (χ0n) is 24.8. The summed E-state index contributed by atoms with van der Waals surface area (Å²) >= 11 is 0. The van der Waals surface area contributed by atoms with Crippen LogP contribution in [0.4, 0.5) is 5.69 Å². The number of nitriles is 1. The van der Waals surface area contributed by atoms with Gasteiger partial charge in [0.15, 0.2) is 0 Å². The summed E-state index contributed by atoms with van der Waals surface area (Å²) in [6.07, 6.45) is 7.04. The lowest BCUT2D eigenvalue weighted by molar-refractivity contribution is -0.0626. The molecule has 6 rings (SSSR count). The predicted octanol–water partition coefficient (Wildman–Crippen LogP) is 5.17.